The molecule has 14 heavy (non-hydrogen) atoms. The van der Waals surface area contributed by atoms with Crippen LogP contribution in [0.3, 0.4) is 0 Å². The third-order valence-corrected chi connectivity index (χ3v) is 1.85. The molecule has 0 aliphatic rings. The first-order chi connectivity index (χ1) is 6.60. The van der Waals surface area contributed by atoms with Gasteiger partial charge in [0.2, 0.25) is 5.91 Å². The Bertz CT molecular complexity index is 182. The maximum absolute atomic E-state index is 10.7. The average Bonchev–Trinajstić information content (AvgIpc) is 2.22. The van der Waals surface area contributed by atoms with E-state index in [1.165, 1.54) is 6.08 Å². The van der Waals surface area contributed by atoms with Crippen LogP contribution in [0.2, 0.25) is 0 Å². The molecule has 0 aromatic carbocycles. The summed E-state index contributed by atoms with van der Waals surface area (Å²) in [4.78, 5) is 10.7. The lowest BCUT2D eigenvalue weighted by Gasteiger charge is -2.15. The highest BCUT2D eigenvalue weighted by Gasteiger charge is 2.07. The first-order valence-corrected chi connectivity index (χ1v) is 4.80. The van der Waals surface area contributed by atoms with Gasteiger partial charge in [-0.1, -0.05) is 13.5 Å². The molecule has 4 heteroatoms. The molecular weight excluding hydrogens is 182 g/mol. The van der Waals surface area contributed by atoms with Crippen molar-refractivity contribution < 1.29 is 14.6 Å². The molecule has 0 rings (SSSR count). The zero-order valence-electron chi connectivity index (χ0n) is 8.82. The monoisotopic (exact) mass is 201 g/mol. The van der Waals surface area contributed by atoms with Crippen LogP contribution < -0.4 is 5.32 Å². The van der Waals surface area contributed by atoms with Crippen molar-refractivity contribution in [2.45, 2.75) is 32.5 Å². The van der Waals surface area contributed by atoms with Crippen LogP contribution in [0.15, 0.2) is 12.7 Å². The van der Waals surface area contributed by atoms with Crippen molar-refractivity contribution in [2.75, 3.05) is 13.2 Å². The number of hydrogen-bond donors (Lipinski definition) is 2. The molecule has 0 aromatic heterocycles. The Hall–Kier alpha value is -0.870. The zero-order valence-corrected chi connectivity index (χ0v) is 8.82. The van der Waals surface area contributed by atoms with E-state index in [1.807, 2.05) is 13.8 Å². The molecule has 2 atom stereocenters. The molecule has 0 radical (unpaired) electrons. The van der Waals surface area contributed by atoms with Gasteiger partial charge in [-0.15, -0.1) is 0 Å². The molecule has 0 aliphatic carbocycles. The van der Waals surface area contributed by atoms with E-state index in [2.05, 4.69) is 11.9 Å². The fourth-order valence-corrected chi connectivity index (χ4v) is 0.743. The number of hydrogen-bond acceptors (Lipinski definition) is 3. The first-order valence-electron chi connectivity index (χ1n) is 4.80. The number of amides is 1. The van der Waals surface area contributed by atoms with Gasteiger partial charge >= 0.3 is 0 Å². The summed E-state index contributed by atoms with van der Waals surface area (Å²) in [6.45, 7) is 7.69. The Morgan fingerprint density at radius 2 is 2.36 bits per heavy atom. The van der Waals surface area contributed by atoms with Crippen molar-refractivity contribution in [2.24, 2.45) is 0 Å². The number of aliphatic hydroxyl groups is 1. The highest BCUT2D eigenvalue weighted by atomic mass is 16.5. The van der Waals surface area contributed by atoms with Gasteiger partial charge in [0, 0.05) is 6.54 Å². The number of nitrogens with one attached hydrogen (secondary N) is 1. The van der Waals surface area contributed by atoms with E-state index >= 15 is 0 Å². The van der Waals surface area contributed by atoms with Gasteiger partial charge in [-0.25, -0.2) is 0 Å². The summed E-state index contributed by atoms with van der Waals surface area (Å²) in [6, 6.07) is 0. The number of rotatable bonds is 7. The van der Waals surface area contributed by atoms with E-state index < -0.39 is 6.10 Å². The minimum absolute atomic E-state index is 0.139. The second kappa shape index (κ2) is 7.53. The number of carbonyl (C=O) groups is 1. The maximum Gasteiger partial charge on any atom is 0.243 e. The quantitative estimate of drug-likeness (QED) is 0.588. The lowest BCUT2D eigenvalue weighted by Crippen LogP contribution is -2.34. The average molecular weight is 201 g/mol. The zero-order chi connectivity index (χ0) is 11.0. The Balaban J connectivity index is 3.50. The van der Waals surface area contributed by atoms with Crippen LogP contribution in [-0.2, 0) is 9.53 Å². The summed E-state index contributed by atoms with van der Waals surface area (Å²) in [5.74, 6) is -0.285. The minimum Gasteiger partial charge on any atom is -0.389 e. The fraction of sp³-hybridized carbons (Fsp3) is 0.700. The maximum atomic E-state index is 10.7. The molecule has 0 fully saturated rings. The van der Waals surface area contributed by atoms with E-state index in [0.717, 1.165) is 6.42 Å². The lowest BCUT2D eigenvalue weighted by molar-refractivity contribution is -0.117. The molecule has 1 amide bonds. The third-order valence-electron chi connectivity index (χ3n) is 1.85. The van der Waals surface area contributed by atoms with Crippen molar-refractivity contribution in [3.05, 3.63) is 12.7 Å². The Morgan fingerprint density at radius 3 is 2.86 bits per heavy atom. The van der Waals surface area contributed by atoms with Gasteiger partial charge in [-0.3, -0.25) is 4.79 Å². The normalized spacial score (nSPS) is 14.5. The summed E-state index contributed by atoms with van der Waals surface area (Å²) in [6.07, 6.45) is 1.56. The number of ether oxygens (including phenoxy) is 1. The van der Waals surface area contributed by atoms with Crippen molar-refractivity contribution in [3.8, 4) is 0 Å². The van der Waals surface area contributed by atoms with Gasteiger partial charge in [0.15, 0.2) is 0 Å². The molecule has 0 aliphatic heterocycles. The summed E-state index contributed by atoms with van der Waals surface area (Å²) >= 11 is 0. The minimum atomic E-state index is -0.659. The predicted octanol–water partition coefficient (Wildman–Crippen LogP) is 0.465. The Kier molecular flexibility index (Phi) is 7.06. The number of aliphatic hydroxyl groups excluding tert-OH is 1. The van der Waals surface area contributed by atoms with E-state index in [9.17, 15) is 9.90 Å². The molecule has 0 spiro atoms. The molecule has 2 unspecified atom stereocenters. The third kappa shape index (κ3) is 6.62. The number of carbonyl (C=O) groups excluding carboxylic acids is 1. The summed E-state index contributed by atoms with van der Waals surface area (Å²) in [5, 5.41) is 11.9. The van der Waals surface area contributed by atoms with Gasteiger partial charge in [0.25, 0.3) is 0 Å². The lowest BCUT2D eigenvalue weighted by atomic mass is 10.3. The molecule has 0 bridgehead atoms. The topological polar surface area (TPSA) is 58.6 Å². The van der Waals surface area contributed by atoms with Gasteiger partial charge in [-0.2, -0.15) is 0 Å². The van der Waals surface area contributed by atoms with Gasteiger partial charge < -0.3 is 15.2 Å². The molecule has 0 heterocycles. The predicted molar refractivity (Wildman–Crippen MR) is 54.9 cm³/mol. The largest absolute Gasteiger partial charge is 0.389 e. The Morgan fingerprint density at radius 1 is 1.71 bits per heavy atom. The molecule has 2 N–H and O–H groups in total. The highest BCUT2D eigenvalue weighted by molar-refractivity contribution is 5.86. The van der Waals surface area contributed by atoms with Crippen molar-refractivity contribution in [1.29, 1.82) is 0 Å². The standard InChI is InChI=1S/C10H19NO3/c1-4-8(3)14-7-9(12)6-11-10(13)5-2/h5,8-9,12H,2,4,6-7H2,1,3H3,(H,11,13). The van der Waals surface area contributed by atoms with Crippen LogP contribution >= 0.6 is 0 Å². The van der Waals surface area contributed by atoms with Crippen LogP contribution in [0.4, 0.5) is 0 Å². The molecule has 4 nitrogen and oxygen atoms in total. The van der Waals surface area contributed by atoms with Gasteiger partial charge in [0.05, 0.1) is 18.8 Å². The molecule has 0 saturated carbocycles. The molecule has 0 saturated heterocycles. The smallest absolute Gasteiger partial charge is 0.243 e. The van der Waals surface area contributed by atoms with Gasteiger partial charge in [0.1, 0.15) is 0 Å². The summed E-state index contributed by atoms with van der Waals surface area (Å²) in [5.41, 5.74) is 0. The summed E-state index contributed by atoms with van der Waals surface area (Å²) < 4.78 is 5.29. The first kappa shape index (κ1) is 13.1. The highest BCUT2D eigenvalue weighted by Crippen LogP contribution is 1.96. The van der Waals surface area contributed by atoms with Crippen LogP contribution in [0.5, 0.6) is 0 Å². The SMILES string of the molecule is C=CC(=O)NCC(O)COC(C)CC. The molecule has 82 valence electrons. The Labute approximate surface area is 85.0 Å². The van der Waals surface area contributed by atoms with Crippen LogP contribution in [0.1, 0.15) is 20.3 Å². The molecular formula is C10H19NO3. The summed E-state index contributed by atoms with van der Waals surface area (Å²) in [7, 11) is 0. The van der Waals surface area contributed by atoms with E-state index in [-0.39, 0.29) is 25.2 Å². The second-order valence-electron chi connectivity index (χ2n) is 3.16. The fourth-order valence-electron chi connectivity index (χ4n) is 0.743. The van der Waals surface area contributed by atoms with Crippen molar-refractivity contribution in [1.82, 2.24) is 5.32 Å². The van der Waals surface area contributed by atoms with E-state index in [0.29, 0.717) is 0 Å². The molecule has 0 aromatic rings. The van der Waals surface area contributed by atoms with Crippen LogP contribution in [0.25, 0.3) is 0 Å². The van der Waals surface area contributed by atoms with Crippen molar-refractivity contribution in [3.63, 3.8) is 0 Å². The van der Waals surface area contributed by atoms with Crippen molar-refractivity contribution >= 4 is 5.91 Å². The van der Waals surface area contributed by atoms with Gasteiger partial charge in [-0.05, 0) is 19.4 Å². The van der Waals surface area contributed by atoms with Crippen LogP contribution in [0, 0.1) is 0 Å². The van der Waals surface area contributed by atoms with E-state index in [1.54, 1.807) is 0 Å². The second-order valence-corrected chi connectivity index (χ2v) is 3.16. The van der Waals surface area contributed by atoms with E-state index in [4.69, 9.17) is 4.74 Å². The van der Waals surface area contributed by atoms with Crippen LogP contribution in [-0.4, -0.2) is 36.4 Å².